The first-order valence-corrected chi connectivity index (χ1v) is 7.32. The molecule has 0 N–H and O–H groups in total. The predicted octanol–water partition coefficient (Wildman–Crippen LogP) is 3.24. The van der Waals surface area contributed by atoms with Gasteiger partial charge in [-0.05, 0) is 37.3 Å². The second-order valence-electron chi connectivity index (χ2n) is 5.47. The van der Waals surface area contributed by atoms with Crippen molar-refractivity contribution in [3.63, 3.8) is 0 Å². The number of amides is 1. The van der Waals surface area contributed by atoms with Crippen LogP contribution in [-0.4, -0.2) is 30.5 Å². The number of carbonyl (C=O) groups is 1. The Morgan fingerprint density at radius 2 is 2.25 bits per heavy atom. The molecule has 1 unspecified atom stereocenters. The van der Waals surface area contributed by atoms with E-state index >= 15 is 0 Å². The quantitative estimate of drug-likeness (QED) is 0.774. The van der Waals surface area contributed by atoms with Gasteiger partial charge in [0.05, 0.1) is 6.61 Å². The van der Waals surface area contributed by atoms with Gasteiger partial charge in [-0.15, -0.1) is 0 Å². The molecule has 3 nitrogen and oxygen atoms in total. The minimum Gasteiger partial charge on any atom is -0.491 e. The molecule has 0 aromatic heterocycles. The maximum absolute atomic E-state index is 13.3. The number of likely N-dealkylation sites (tertiary alicyclic amines) is 1. The van der Waals surface area contributed by atoms with Crippen LogP contribution in [0.3, 0.4) is 0 Å². The number of para-hydroxylation sites is 1. The second kappa shape index (κ2) is 7.27. The zero-order valence-corrected chi connectivity index (χ0v) is 12.0. The van der Waals surface area contributed by atoms with Crippen LogP contribution in [0.5, 0.6) is 5.75 Å². The molecule has 0 aliphatic carbocycles. The van der Waals surface area contributed by atoms with Crippen LogP contribution < -0.4 is 4.74 Å². The lowest BCUT2D eigenvalue weighted by Gasteiger charge is -2.31. The van der Waals surface area contributed by atoms with Crippen molar-refractivity contribution in [3.05, 3.63) is 30.1 Å². The fourth-order valence-corrected chi connectivity index (χ4v) is 2.54. The van der Waals surface area contributed by atoms with Gasteiger partial charge in [0.2, 0.25) is 5.91 Å². The van der Waals surface area contributed by atoms with Gasteiger partial charge in [0.25, 0.3) is 0 Å². The van der Waals surface area contributed by atoms with Crippen molar-refractivity contribution in [3.8, 4) is 5.75 Å². The van der Waals surface area contributed by atoms with E-state index in [-0.39, 0.29) is 17.5 Å². The molecule has 110 valence electrons. The number of ether oxygens (including phenoxy) is 1. The van der Waals surface area contributed by atoms with Gasteiger partial charge in [-0.1, -0.05) is 19.1 Å². The molecule has 1 heterocycles. The molecule has 1 aromatic carbocycles. The van der Waals surface area contributed by atoms with Gasteiger partial charge >= 0.3 is 0 Å². The summed E-state index contributed by atoms with van der Waals surface area (Å²) in [6, 6.07) is 6.33. The molecule has 20 heavy (non-hydrogen) atoms. The second-order valence-corrected chi connectivity index (χ2v) is 5.47. The average Bonchev–Trinajstić information content (AvgIpc) is 2.45. The summed E-state index contributed by atoms with van der Waals surface area (Å²) in [5.41, 5.74) is 0. The van der Waals surface area contributed by atoms with Crippen LogP contribution in [0.1, 0.15) is 32.6 Å². The average molecular weight is 279 g/mol. The SMILES string of the molecule is CC1CCCN(C(=O)CCCOc2ccccc2F)C1. The summed E-state index contributed by atoms with van der Waals surface area (Å²) in [5.74, 6) is 0.686. The Morgan fingerprint density at radius 3 is 3.00 bits per heavy atom. The first-order valence-electron chi connectivity index (χ1n) is 7.32. The van der Waals surface area contributed by atoms with E-state index in [0.29, 0.717) is 25.4 Å². The Labute approximate surface area is 119 Å². The number of rotatable bonds is 5. The van der Waals surface area contributed by atoms with E-state index < -0.39 is 0 Å². The van der Waals surface area contributed by atoms with Crippen LogP contribution in [0.25, 0.3) is 0 Å². The Bertz CT molecular complexity index is 450. The molecule has 1 aromatic rings. The van der Waals surface area contributed by atoms with Gasteiger partial charge in [0.1, 0.15) is 0 Å². The highest BCUT2D eigenvalue weighted by molar-refractivity contribution is 5.76. The molecule has 1 aliphatic heterocycles. The van der Waals surface area contributed by atoms with E-state index in [9.17, 15) is 9.18 Å². The van der Waals surface area contributed by atoms with Gasteiger partial charge in [0, 0.05) is 19.5 Å². The van der Waals surface area contributed by atoms with Crippen molar-refractivity contribution in [2.75, 3.05) is 19.7 Å². The van der Waals surface area contributed by atoms with E-state index in [1.807, 2.05) is 4.90 Å². The van der Waals surface area contributed by atoms with E-state index in [4.69, 9.17) is 4.74 Å². The van der Waals surface area contributed by atoms with Gasteiger partial charge in [-0.3, -0.25) is 4.79 Å². The zero-order valence-electron chi connectivity index (χ0n) is 12.0. The molecule has 0 spiro atoms. The number of carbonyl (C=O) groups excluding carboxylic acids is 1. The predicted molar refractivity (Wildman–Crippen MR) is 76.1 cm³/mol. The number of halogens is 1. The van der Waals surface area contributed by atoms with Crippen LogP contribution in [0.4, 0.5) is 4.39 Å². The third-order valence-corrected chi connectivity index (χ3v) is 3.64. The Balaban J connectivity index is 1.68. The number of hydrogen-bond acceptors (Lipinski definition) is 2. The van der Waals surface area contributed by atoms with Crippen molar-refractivity contribution in [2.24, 2.45) is 5.92 Å². The lowest BCUT2D eigenvalue weighted by Crippen LogP contribution is -2.39. The molecule has 4 heteroatoms. The van der Waals surface area contributed by atoms with E-state index in [1.165, 1.54) is 12.5 Å². The molecule has 1 atom stereocenters. The van der Waals surface area contributed by atoms with E-state index in [0.717, 1.165) is 19.5 Å². The normalized spacial score (nSPS) is 18.9. The van der Waals surface area contributed by atoms with Crippen molar-refractivity contribution in [1.82, 2.24) is 4.90 Å². The van der Waals surface area contributed by atoms with Gasteiger partial charge < -0.3 is 9.64 Å². The standard InChI is InChI=1S/C16H22FNO2/c1-13-6-4-10-18(12-13)16(19)9-5-11-20-15-8-3-2-7-14(15)17/h2-3,7-8,13H,4-6,9-12H2,1H3. The van der Waals surface area contributed by atoms with E-state index in [2.05, 4.69) is 6.92 Å². The summed E-state index contributed by atoms with van der Waals surface area (Å²) in [4.78, 5) is 14.0. The fraction of sp³-hybridized carbons (Fsp3) is 0.562. The highest BCUT2D eigenvalue weighted by Crippen LogP contribution is 2.18. The summed E-state index contributed by atoms with van der Waals surface area (Å²) in [6.45, 7) is 4.29. The highest BCUT2D eigenvalue weighted by Gasteiger charge is 2.20. The number of piperidine rings is 1. The molecule has 1 saturated heterocycles. The molecule has 2 rings (SSSR count). The highest BCUT2D eigenvalue weighted by atomic mass is 19.1. The largest absolute Gasteiger partial charge is 0.491 e. The molecule has 1 aliphatic rings. The topological polar surface area (TPSA) is 29.5 Å². The van der Waals surface area contributed by atoms with Crippen LogP contribution in [0.15, 0.2) is 24.3 Å². The molecule has 0 bridgehead atoms. The third-order valence-electron chi connectivity index (χ3n) is 3.64. The third kappa shape index (κ3) is 4.22. The molecule has 1 amide bonds. The first-order chi connectivity index (χ1) is 9.66. The maximum atomic E-state index is 13.3. The monoisotopic (exact) mass is 279 g/mol. The Kier molecular flexibility index (Phi) is 5.39. The summed E-state index contributed by atoms with van der Waals surface area (Å²) in [6.07, 6.45) is 3.40. The molecule has 1 fully saturated rings. The van der Waals surface area contributed by atoms with Gasteiger partial charge in [0.15, 0.2) is 11.6 Å². The molecular weight excluding hydrogens is 257 g/mol. The van der Waals surface area contributed by atoms with Crippen molar-refractivity contribution >= 4 is 5.91 Å². The first kappa shape index (κ1) is 14.8. The van der Waals surface area contributed by atoms with Crippen LogP contribution >= 0.6 is 0 Å². The lowest BCUT2D eigenvalue weighted by molar-refractivity contribution is -0.133. The summed E-state index contributed by atoms with van der Waals surface area (Å²) in [7, 11) is 0. The van der Waals surface area contributed by atoms with Gasteiger partial charge in [-0.2, -0.15) is 0 Å². The number of nitrogens with zero attached hydrogens (tertiary/aromatic N) is 1. The smallest absolute Gasteiger partial charge is 0.222 e. The Hall–Kier alpha value is -1.58. The minimum absolute atomic E-state index is 0.189. The summed E-state index contributed by atoms with van der Waals surface area (Å²) >= 11 is 0. The number of hydrogen-bond donors (Lipinski definition) is 0. The lowest BCUT2D eigenvalue weighted by atomic mass is 10.00. The summed E-state index contributed by atoms with van der Waals surface area (Å²) < 4.78 is 18.7. The van der Waals surface area contributed by atoms with E-state index in [1.54, 1.807) is 18.2 Å². The zero-order chi connectivity index (χ0) is 14.4. The van der Waals surface area contributed by atoms with Crippen molar-refractivity contribution in [1.29, 1.82) is 0 Å². The molecule has 0 saturated carbocycles. The Morgan fingerprint density at radius 1 is 1.45 bits per heavy atom. The van der Waals surface area contributed by atoms with Crippen LogP contribution in [-0.2, 0) is 4.79 Å². The van der Waals surface area contributed by atoms with Crippen LogP contribution in [0.2, 0.25) is 0 Å². The molecule has 0 radical (unpaired) electrons. The molecular formula is C16H22FNO2. The number of benzene rings is 1. The fourth-order valence-electron chi connectivity index (χ4n) is 2.54. The van der Waals surface area contributed by atoms with Crippen LogP contribution in [0, 0.1) is 11.7 Å². The maximum Gasteiger partial charge on any atom is 0.222 e. The summed E-state index contributed by atoms with van der Waals surface area (Å²) in [5, 5.41) is 0. The van der Waals surface area contributed by atoms with Gasteiger partial charge in [-0.25, -0.2) is 4.39 Å². The van der Waals surface area contributed by atoms with Crippen molar-refractivity contribution in [2.45, 2.75) is 32.6 Å². The minimum atomic E-state index is -0.358. The van der Waals surface area contributed by atoms with Crippen molar-refractivity contribution < 1.29 is 13.9 Å².